The highest BCUT2D eigenvalue weighted by Crippen LogP contribution is 2.22. The van der Waals surface area contributed by atoms with Crippen LogP contribution >= 0.6 is 11.8 Å². The molecule has 2 nitrogen and oxygen atoms in total. The molecular weight excluding hydrogens is 232 g/mol. The van der Waals surface area contributed by atoms with Gasteiger partial charge in [-0.15, -0.1) is 0 Å². The Kier molecular flexibility index (Phi) is 6.78. The molecule has 0 aromatic heterocycles. The van der Waals surface area contributed by atoms with Crippen molar-refractivity contribution in [3.8, 4) is 0 Å². The fourth-order valence-corrected chi connectivity index (χ4v) is 2.80. The molecule has 1 aromatic carbocycles. The van der Waals surface area contributed by atoms with Crippen LogP contribution in [0.1, 0.15) is 31.2 Å². The van der Waals surface area contributed by atoms with E-state index in [0.29, 0.717) is 0 Å². The van der Waals surface area contributed by atoms with Crippen LogP contribution < -0.4 is 0 Å². The molecule has 1 atom stereocenters. The molecule has 0 saturated heterocycles. The van der Waals surface area contributed by atoms with E-state index in [2.05, 4.69) is 6.92 Å². The Labute approximate surface area is 108 Å². The molecule has 1 unspecified atom stereocenters. The van der Waals surface area contributed by atoms with Crippen molar-refractivity contribution in [1.29, 1.82) is 0 Å². The fraction of sp³-hybridized carbons (Fsp3) is 0.500. The zero-order valence-electron chi connectivity index (χ0n) is 10.5. The van der Waals surface area contributed by atoms with Crippen molar-refractivity contribution in [3.63, 3.8) is 0 Å². The van der Waals surface area contributed by atoms with Crippen LogP contribution in [-0.2, 0) is 9.53 Å². The summed E-state index contributed by atoms with van der Waals surface area (Å²) in [5, 5.41) is 0. The second-order valence-electron chi connectivity index (χ2n) is 3.91. The van der Waals surface area contributed by atoms with Crippen molar-refractivity contribution < 1.29 is 9.53 Å². The maximum absolute atomic E-state index is 11.7. The number of rotatable bonds is 7. The van der Waals surface area contributed by atoms with E-state index in [4.69, 9.17) is 4.74 Å². The van der Waals surface area contributed by atoms with E-state index < -0.39 is 0 Å². The van der Waals surface area contributed by atoms with Crippen LogP contribution in [0.5, 0.6) is 0 Å². The number of ether oxygens (including phenoxy) is 1. The summed E-state index contributed by atoms with van der Waals surface area (Å²) in [6.07, 6.45) is 2.40. The first kappa shape index (κ1) is 14.1. The molecular formula is C14H20O2S. The Morgan fingerprint density at radius 1 is 1.35 bits per heavy atom. The van der Waals surface area contributed by atoms with Gasteiger partial charge >= 0.3 is 5.97 Å². The molecule has 0 bridgehead atoms. The van der Waals surface area contributed by atoms with Gasteiger partial charge in [0.15, 0.2) is 0 Å². The molecule has 3 heteroatoms. The number of hydrogen-bond acceptors (Lipinski definition) is 3. The van der Waals surface area contributed by atoms with Crippen molar-refractivity contribution in [3.05, 3.63) is 35.9 Å². The van der Waals surface area contributed by atoms with Crippen molar-refractivity contribution in [2.75, 3.05) is 18.6 Å². The third-order valence-electron chi connectivity index (χ3n) is 2.61. The first-order valence-corrected chi connectivity index (χ1v) is 7.15. The third-order valence-corrected chi connectivity index (χ3v) is 3.76. The zero-order valence-corrected chi connectivity index (χ0v) is 11.3. The average molecular weight is 252 g/mol. The van der Waals surface area contributed by atoms with Crippen molar-refractivity contribution in [2.24, 2.45) is 0 Å². The number of unbranched alkanes of at least 4 members (excludes halogenated alkanes) is 1. The van der Waals surface area contributed by atoms with Crippen LogP contribution in [0.2, 0.25) is 0 Å². The summed E-state index contributed by atoms with van der Waals surface area (Å²) in [5.74, 6) is 1.64. The molecule has 0 amide bonds. The van der Waals surface area contributed by atoms with E-state index in [1.807, 2.05) is 42.1 Å². The summed E-state index contributed by atoms with van der Waals surface area (Å²) in [5.41, 5.74) is 1.04. The summed E-state index contributed by atoms with van der Waals surface area (Å²) in [4.78, 5) is 11.7. The fourth-order valence-electron chi connectivity index (χ4n) is 1.58. The minimum Gasteiger partial charge on any atom is -0.469 e. The number of esters is 1. The zero-order chi connectivity index (χ0) is 12.5. The highest BCUT2D eigenvalue weighted by Gasteiger charge is 2.20. The van der Waals surface area contributed by atoms with E-state index in [0.717, 1.165) is 17.1 Å². The maximum atomic E-state index is 11.7. The highest BCUT2D eigenvalue weighted by molar-refractivity contribution is 7.99. The van der Waals surface area contributed by atoms with Gasteiger partial charge in [0.05, 0.1) is 13.0 Å². The molecule has 0 fully saturated rings. The van der Waals surface area contributed by atoms with Crippen molar-refractivity contribution >= 4 is 17.7 Å². The molecule has 0 aliphatic heterocycles. The van der Waals surface area contributed by atoms with Gasteiger partial charge < -0.3 is 4.74 Å². The van der Waals surface area contributed by atoms with Gasteiger partial charge in [0.25, 0.3) is 0 Å². The predicted octanol–water partition coefficient (Wildman–Crippen LogP) is 3.48. The molecule has 0 heterocycles. The molecule has 1 rings (SSSR count). The molecule has 17 heavy (non-hydrogen) atoms. The van der Waals surface area contributed by atoms with Gasteiger partial charge in [-0.05, 0) is 17.7 Å². The van der Waals surface area contributed by atoms with Crippen LogP contribution in [-0.4, -0.2) is 24.6 Å². The molecule has 0 radical (unpaired) electrons. The quantitative estimate of drug-likeness (QED) is 0.549. The lowest BCUT2D eigenvalue weighted by atomic mass is 10.0. The van der Waals surface area contributed by atoms with E-state index in [1.54, 1.807) is 0 Å². The van der Waals surface area contributed by atoms with Gasteiger partial charge in [0, 0.05) is 5.75 Å². The maximum Gasteiger partial charge on any atom is 0.313 e. The monoisotopic (exact) mass is 252 g/mol. The summed E-state index contributed by atoms with van der Waals surface area (Å²) in [6.45, 7) is 2.18. The molecule has 0 aliphatic carbocycles. The number of methoxy groups -OCH3 is 1. The van der Waals surface area contributed by atoms with Gasteiger partial charge in [-0.2, -0.15) is 11.8 Å². The second kappa shape index (κ2) is 8.18. The molecule has 94 valence electrons. The van der Waals surface area contributed by atoms with Crippen LogP contribution in [0.25, 0.3) is 0 Å². The first-order valence-electron chi connectivity index (χ1n) is 6.00. The lowest BCUT2D eigenvalue weighted by molar-refractivity contribution is -0.141. The summed E-state index contributed by atoms with van der Waals surface area (Å²) >= 11 is 1.82. The largest absolute Gasteiger partial charge is 0.469 e. The molecule has 0 aliphatic rings. The second-order valence-corrected chi connectivity index (χ2v) is 5.06. The smallest absolute Gasteiger partial charge is 0.313 e. The van der Waals surface area contributed by atoms with E-state index in [1.165, 1.54) is 20.0 Å². The van der Waals surface area contributed by atoms with E-state index in [9.17, 15) is 4.79 Å². The van der Waals surface area contributed by atoms with Gasteiger partial charge in [-0.3, -0.25) is 4.79 Å². The standard InChI is InChI=1S/C14H20O2S/c1-3-4-10-17-11-13(14(15)16-2)12-8-6-5-7-9-12/h5-9,13H,3-4,10-11H2,1-2H3. The minimum atomic E-state index is -0.139. The average Bonchev–Trinajstić information content (AvgIpc) is 2.39. The van der Waals surface area contributed by atoms with Gasteiger partial charge in [-0.25, -0.2) is 0 Å². The lowest BCUT2D eigenvalue weighted by Gasteiger charge is -2.14. The number of hydrogen-bond donors (Lipinski definition) is 0. The summed E-state index contributed by atoms with van der Waals surface area (Å²) in [7, 11) is 1.45. The molecule has 0 spiro atoms. The number of carbonyl (C=O) groups excluding carboxylic acids is 1. The Bertz CT molecular complexity index is 324. The minimum absolute atomic E-state index is 0.136. The number of carbonyl (C=O) groups is 1. The van der Waals surface area contributed by atoms with Crippen LogP contribution in [0.3, 0.4) is 0 Å². The van der Waals surface area contributed by atoms with Gasteiger partial charge in [0.2, 0.25) is 0 Å². The van der Waals surface area contributed by atoms with Crippen LogP contribution in [0.15, 0.2) is 30.3 Å². The molecule has 0 saturated carbocycles. The Hall–Kier alpha value is -0.960. The van der Waals surface area contributed by atoms with Crippen molar-refractivity contribution in [1.82, 2.24) is 0 Å². The predicted molar refractivity (Wildman–Crippen MR) is 73.4 cm³/mol. The highest BCUT2D eigenvalue weighted by atomic mass is 32.2. The lowest BCUT2D eigenvalue weighted by Crippen LogP contribution is -2.16. The summed E-state index contributed by atoms with van der Waals surface area (Å²) < 4.78 is 4.87. The SMILES string of the molecule is CCCCSCC(C(=O)OC)c1ccccc1. The Balaban J connectivity index is 2.59. The Morgan fingerprint density at radius 2 is 2.06 bits per heavy atom. The number of thioether (sulfide) groups is 1. The van der Waals surface area contributed by atoms with Gasteiger partial charge in [-0.1, -0.05) is 43.7 Å². The van der Waals surface area contributed by atoms with E-state index >= 15 is 0 Å². The molecule has 0 N–H and O–H groups in total. The van der Waals surface area contributed by atoms with Crippen LogP contribution in [0.4, 0.5) is 0 Å². The van der Waals surface area contributed by atoms with Crippen LogP contribution in [0, 0.1) is 0 Å². The van der Waals surface area contributed by atoms with Crippen molar-refractivity contribution in [2.45, 2.75) is 25.7 Å². The number of benzene rings is 1. The Morgan fingerprint density at radius 3 is 2.65 bits per heavy atom. The van der Waals surface area contributed by atoms with Gasteiger partial charge in [0.1, 0.15) is 0 Å². The summed E-state index contributed by atoms with van der Waals surface area (Å²) in [6, 6.07) is 9.86. The van der Waals surface area contributed by atoms with E-state index in [-0.39, 0.29) is 11.9 Å². The normalized spacial score (nSPS) is 12.1. The topological polar surface area (TPSA) is 26.3 Å². The molecule has 1 aromatic rings. The third kappa shape index (κ3) is 4.82. The first-order chi connectivity index (χ1) is 8.29.